The van der Waals surface area contributed by atoms with E-state index in [2.05, 4.69) is 10.6 Å². The van der Waals surface area contributed by atoms with Gasteiger partial charge in [-0.3, -0.25) is 10.1 Å². The average molecular weight is 319 g/mol. The summed E-state index contributed by atoms with van der Waals surface area (Å²) in [5, 5.41) is 5.39. The van der Waals surface area contributed by atoms with Crippen molar-refractivity contribution in [2.75, 3.05) is 7.11 Å². The average Bonchev–Trinajstić information content (AvgIpc) is 2.54. The number of imide groups is 1. The van der Waals surface area contributed by atoms with Crippen molar-refractivity contribution < 1.29 is 14.3 Å². The van der Waals surface area contributed by atoms with Crippen LogP contribution in [0.4, 0.5) is 4.79 Å². The van der Waals surface area contributed by atoms with Crippen molar-refractivity contribution in [3.8, 4) is 5.75 Å². The molecule has 0 aliphatic heterocycles. The number of methoxy groups -OCH3 is 1. The lowest BCUT2D eigenvalue weighted by Gasteiger charge is -2.07. The third kappa shape index (κ3) is 4.49. The van der Waals surface area contributed by atoms with Crippen molar-refractivity contribution in [1.82, 2.24) is 10.6 Å². The van der Waals surface area contributed by atoms with Crippen molar-refractivity contribution in [2.24, 2.45) is 0 Å². The first-order valence-electron chi connectivity index (χ1n) is 6.56. The summed E-state index contributed by atoms with van der Waals surface area (Å²) >= 11 is 5.74. The first-order valence-corrected chi connectivity index (χ1v) is 6.94. The first-order chi connectivity index (χ1) is 10.6. The van der Waals surface area contributed by atoms with Crippen LogP contribution in [0.25, 0.3) is 0 Å². The van der Waals surface area contributed by atoms with Crippen molar-refractivity contribution in [3.63, 3.8) is 0 Å². The van der Waals surface area contributed by atoms with Crippen LogP contribution in [0, 0.1) is 0 Å². The molecule has 0 radical (unpaired) electrons. The Hall–Kier alpha value is -2.53. The molecule has 0 aliphatic rings. The molecule has 5 nitrogen and oxygen atoms in total. The summed E-state index contributed by atoms with van der Waals surface area (Å²) in [7, 11) is 1.59. The molecule has 0 aromatic heterocycles. The van der Waals surface area contributed by atoms with E-state index in [4.69, 9.17) is 16.3 Å². The Morgan fingerprint density at radius 1 is 1.05 bits per heavy atom. The van der Waals surface area contributed by atoms with Crippen LogP contribution < -0.4 is 15.4 Å². The number of rotatable bonds is 4. The fraction of sp³-hybridized carbons (Fsp3) is 0.125. The Labute approximate surface area is 133 Å². The highest BCUT2D eigenvalue weighted by molar-refractivity contribution is 6.30. The van der Waals surface area contributed by atoms with Crippen LogP contribution in [0.1, 0.15) is 15.9 Å². The topological polar surface area (TPSA) is 67.4 Å². The molecule has 0 saturated carbocycles. The lowest BCUT2D eigenvalue weighted by Crippen LogP contribution is -2.39. The van der Waals surface area contributed by atoms with Crippen LogP contribution in [0.2, 0.25) is 5.02 Å². The Kier molecular flexibility index (Phi) is 5.38. The van der Waals surface area contributed by atoms with Gasteiger partial charge >= 0.3 is 6.03 Å². The molecule has 0 aliphatic carbocycles. The molecule has 2 aromatic rings. The normalized spacial score (nSPS) is 9.91. The Bertz CT molecular complexity index is 654. The predicted octanol–water partition coefficient (Wildman–Crippen LogP) is 2.99. The molecule has 0 saturated heterocycles. The number of hydrogen-bond donors (Lipinski definition) is 2. The molecule has 6 heteroatoms. The summed E-state index contributed by atoms with van der Waals surface area (Å²) in [6.07, 6.45) is 0. The van der Waals surface area contributed by atoms with Gasteiger partial charge in [-0.15, -0.1) is 0 Å². The number of carbonyl (C=O) groups is 2. The standard InChI is InChI=1S/C16H15ClN2O3/c1-22-14-8-2-11(3-9-14)10-18-16(21)19-15(20)12-4-6-13(17)7-5-12/h2-9H,10H2,1H3,(H2,18,19,20,21). The maximum atomic E-state index is 11.8. The van der Waals surface area contributed by atoms with Crippen LogP contribution in [0.5, 0.6) is 5.75 Å². The zero-order valence-corrected chi connectivity index (χ0v) is 12.7. The van der Waals surface area contributed by atoms with E-state index in [9.17, 15) is 9.59 Å². The van der Waals surface area contributed by atoms with Gasteiger partial charge in [0.15, 0.2) is 0 Å². The lowest BCUT2D eigenvalue weighted by molar-refractivity contribution is 0.0964. The molecule has 0 fully saturated rings. The number of benzene rings is 2. The SMILES string of the molecule is COc1ccc(CNC(=O)NC(=O)c2ccc(Cl)cc2)cc1. The lowest BCUT2D eigenvalue weighted by atomic mass is 10.2. The molecule has 22 heavy (non-hydrogen) atoms. The van der Waals surface area contributed by atoms with Gasteiger partial charge in [0.2, 0.25) is 0 Å². The smallest absolute Gasteiger partial charge is 0.321 e. The quantitative estimate of drug-likeness (QED) is 0.910. The number of hydrogen-bond acceptors (Lipinski definition) is 3. The van der Waals surface area contributed by atoms with E-state index in [-0.39, 0.29) is 0 Å². The van der Waals surface area contributed by atoms with Gasteiger partial charge in [0.25, 0.3) is 5.91 Å². The van der Waals surface area contributed by atoms with Gasteiger partial charge in [-0.05, 0) is 42.0 Å². The number of amides is 3. The minimum atomic E-state index is -0.559. The maximum Gasteiger partial charge on any atom is 0.321 e. The van der Waals surface area contributed by atoms with E-state index < -0.39 is 11.9 Å². The second-order valence-electron chi connectivity index (χ2n) is 4.49. The Balaban J connectivity index is 1.84. The van der Waals surface area contributed by atoms with Gasteiger partial charge in [0.05, 0.1) is 7.11 Å². The summed E-state index contributed by atoms with van der Waals surface area (Å²) in [4.78, 5) is 23.5. The van der Waals surface area contributed by atoms with E-state index in [0.29, 0.717) is 17.1 Å². The zero-order valence-electron chi connectivity index (χ0n) is 11.9. The van der Waals surface area contributed by atoms with Crippen LogP contribution in [-0.4, -0.2) is 19.0 Å². The van der Waals surface area contributed by atoms with Crippen LogP contribution in [0.15, 0.2) is 48.5 Å². The number of urea groups is 1. The zero-order chi connectivity index (χ0) is 15.9. The highest BCUT2D eigenvalue weighted by Gasteiger charge is 2.09. The second kappa shape index (κ2) is 7.47. The summed E-state index contributed by atoms with van der Waals surface area (Å²) in [5.74, 6) is 0.259. The molecule has 0 atom stereocenters. The van der Waals surface area contributed by atoms with E-state index in [1.165, 1.54) is 0 Å². The molecule has 0 spiro atoms. The highest BCUT2D eigenvalue weighted by atomic mass is 35.5. The molecule has 2 aromatic carbocycles. The number of ether oxygens (including phenoxy) is 1. The van der Waals surface area contributed by atoms with Crippen molar-refractivity contribution in [1.29, 1.82) is 0 Å². The van der Waals surface area contributed by atoms with E-state index in [1.807, 2.05) is 12.1 Å². The molecule has 114 valence electrons. The van der Waals surface area contributed by atoms with Crippen LogP contribution in [-0.2, 0) is 6.54 Å². The van der Waals surface area contributed by atoms with Gasteiger partial charge in [0, 0.05) is 17.1 Å². The molecule has 0 heterocycles. The second-order valence-corrected chi connectivity index (χ2v) is 4.93. The molecular weight excluding hydrogens is 304 g/mol. The molecule has 0 bridgehead atoms. The van der Waals surface area contributed by atoms with Gasteiger partial charge in [0.1, 0.15) is 5.75 Å². The third-order valence-corrected chi connectivity index (χ3v) is 3.20. The highest BCUT2D eigenvalue weighted by Crippen LogP contribution is 2.11. The number of carbonyl (C=O) groups excluding carboxylic acids is 2. The van der Waals surface area contributed by atoms with Crippen LogP contribution >= 0.6 is 11.6 Å². The Morgan fingerprint density at radius 2 is 1.68 bits per heavy atom. The van der Waals surface area contributed by atoms with Gasteiger partial charge in [-0.2, -0.15) is 0 Å². The molecule has 2 rings (SSSR count). The molecular formula is C16H15ClN2O3. The molecule has 3 amide bonds. The van der Waals surface area contributed by atoms with E-state index >= 15 is 0 Å². The largest absolute Gasteiger partial charge is 0.497 e. The molecule has 0 unspecified atom stereocenters. The Morgan fingerprint density at radius 3 is 2.27 bits per heavy atom. The minimum Gasteiger partial charge on any atom is -0.497 e. The summed E-state index contributed by atoms with van der Waals surface area (Å²) in [6.45, 7) is 0.309. The predicted molar refractivity (Wildman–Crippen MR) is 84.1 cm³/mol. The van der Waals surface area contributed by atoms with Crippen molar-refractivity contribution in [3.05, 3.63) is 64.7 Å². The number of nitrogens with one attached hydrogen (secondary N) is 2. The third-order valence-electron chi connectivity index (χ3n) is 2.95. The summed E-state index contributed by atoms with van der Waals surface area (Å²) in [5.41, 5.74) is 1.26. The van der Waals surface area contributed by atoms with Gasteiger partial charge in [-0.1, -0.05) is 23.7 Å². The fourth-order valence-electron chi connectivity index (χ4n) is 1.75. The van der Waals surface area contributed by atoms with Crippen molar-refractivity contribution >= 4 is 23.5 Å². The summed E-state index contributed by atoms with van der Waals surface area (Å²) < 4.78 is 5.05. The fourth-order valence-corrected chi connectivity index (χ4v) is 1.87. The molecule has 2 N–H and O–H groups in total. The van der Waals surface area contributed by atoms with E-state index in [1.54, 1.807) is 43.5 Å². The first kappa shape index (κ1) is 15.9. The monoisotopic (exact) mass is 318 g/mol. The minimum absolute atomic E-state index is 0.309. The maximum absolute atomic E-state index is 11.8. The van der Waals surface area contributed by atoms with Gasteiger partial charge in [-0.25, -0.2) is 4.79 Å². The van der Waals surface area contributed by atoms with E-state index in [0.717, 1.165) is 11.3 Å². The van der Waals surface area contributed by atoms with Gasteiger partial charge < -0.3 is 10.1 Å². The van der Waals surface area contributed by atoms with Crippen LogP contribution in [0.3, 0.4) is 0 Å². The number of halogens is 1. The summed E-state index contributed by atoms with van der Waals surface area (Å²) in [6, 6.07) is 13.0. The van der Waals surface area contributed by atoms with Crippen molar-refractivity contribution in [2.45, 2.75) is 6.54 Å².